The Labute approximate surface area is 149 Å². The minimum Gasteiger partial charge on any atom is -0.507 e. The number of alkyl carbamates (subject to hydrolysis) is 1. The molecule has 8 heteroatoms. The first-order valence-corrected chi connectivity index (χ1v) is 7.71. The van der Waals surface area contributed by atoms with E-state index in [1.807, 2.05) is 18.2 Å². The van der Waals surface area contributed by atoms with Crippen molar-refractivity contribution in [2.45, 2.75) is 19.6 Å². The number of carbonyl (C=O) groups excluding carboxylic acids is 2. The molecule has 0 fully saturated rings. The first-order chi connectivity index (χ1) is 12.4. The summed E-state index contributed by atoms with van der Waals surface area (Å²) in [6.07, 6.45) is -0.756. The van der Waals surface area contributed by atoms with Crippen molar-refractivity contribution in [3.05, 3.63) is 59.7 Å². The summed E-state index contributed by atoms with van der Waals surface area (Å²) in [5.74, 6) is -2.30. The Hall–Kier alpha value is -3.55. The van der Waals surface area contributed by atoms with E-state index in [-0.39, 0.29) is 17.9 Å². The second kappa shape index (κ2) is 8.52. The van der Waals surface area contributed by atoms with E-state index in [0.29, 0.717) is 0 Å². The molecule has 4 N–H and O–H groups in total. The summed E-state index contributed by atoms with van der Waals surface area (Å²) in [6.45, 7) is 1.53. The first kappa shape index (κ1) is 18.8. The second-order valence-electron chi connectivity index (χ2n) is 5.45. The molecule has 26 heavy (non-hydrogen) atoms. The molecule has 0 saturated heterocycles. The van der Waals surface area contributed by atoms with Crippen LogP contribution in [0.3, 0.4) is 0 Å². The molecular weight excluding hydrogens is 340 g/mol. The maximum absolute atomic E-state index is 12.1. The molecule has 0 spiro atoms. The fourth-order valence-electron chi connectivity index (χ4n) is 2.04. The number of aromatic carboxylic acids is 1. The zero-order chi connectivity index (χ0) is 19.1. The number of nitrogens with one attached hydrogen (secondary N) is 2. The number of aromatic hydroxyl groups is 1. The third-order valence-electron chi connectivity index (χ3n) is 3.43. The van der Waals surface area contributed by atoms with Crippen LogP contribution in [-0.2, 0) is 16.1 Å². The smallest absolute Gasteiger partial charge is 0.408 e. The van der Waals surface area contributed by atoms with Gasteiger partial charge in [0.1, 0.15) is 24.0 Å². The van der Waals surface area contributed by atoms with Crippen molar-refractivity contribution in [2.24, 2.45) is 0 Å². The molecule has 0 saturated carbocycles. The number of benzene rings is 2. The molecule has 0 aromatic heterocycles. The number of amides is 2. The Morgan fingerprint density at radius 2 is 1.81 bits per heavy atom. The van der Waals surface area contributed by atoms with Crippen molar-refractivity contribution in [3.63, 3.8) is 0 Å². The van der Waals surface area contributed by atoms with E-state index < -0.39 is 29.8 Å². The van der Waals surface area contributed by atoms with Crippen LogP contribution in [0, 0.1) is 0 Å². The van der Waals surface area contributed by atoms with Gasteiger partial charge in [0.2, 0.25) is 5.91 Å². The van der Waals surface area contributed by atoms with Crippen LogP contribution in [0.25, 0.3) is 0 Å². The maximum atomic E-state index is 12.1. The number of rotatable bonds is 6. The Morgan fingerprint density at radius 3 is 2.46 bits per heavy atom. The van der Waals surface area contributed by atoms with Gasteiger partial charge in [0.05, 0.1) is 0 Å². The van der Waals surface area contributed by atoms with Crippen molar-refractivity contribution >= 4 is 23.7 Å². The highest BCUT2D eigenvalue weighted by atomic mass is 16.5. The predicted molar refractivity (Wildman–Crippen MR) is 92.9 cm³/mol. The standard InChI is InChI=1S/C18H18N2O6/c1-11(19-18(25)26-10-12-5-3-2-4-6-12)16(22)20-13-7-8-15(21)14(9-13)17(23)24/h2-9,11,21H,10H2,1H3,(H,19,25)(H,20,22)(H,23,24)/t11-/m1/s1. The number of carboxylic acids is 1. The first-order valence-electron chi connectivity index (χ1n) is 7.71. The molecule has 0 bridgehead atoms. The number of carboxylic acid groups (broad SMARTS) is 1. The highest BCUT2D eigenvalue weighted by Gasteiger charge is 2.18. The van der Waals surface area contributed by atoms with E-state index in [2.05, 4.69) is 10.6 Å². The van der Waals surface area contributed by atoms with Crippen LogP contribution in [-0.4, -0.2) is 34.2 Å². The highest BCUT2D eigenvalue weighted by molar-refractivity contribution is 5.98. The van der Waals surface area contributed by atoms with E-state index in [1.54, 1.807) is 12.1 Å². The minimum absolute atomic E-state index is 0.0704. The predicted octanol–water partition coefficient (Wildman–Crippen LogP) is 2.34. The van der Waals surface area contributed by atoms with Crippen LogP contribution in [0.5, 0.6) is 5.75 Å². The fourth-order valence-corrected chi connectivity index (χ4v) is 2.04. The van der Waals surface area contributed by atoms with E-state index in [9.17, 15) is 19.5 Å². The fraction of sp³-hybridized carbons (Fsp3) is 0.167. The molecule has 0 radical (unpaired) electrons. The number of hydrogen-bond donors (Lipinski definition) is 4. The van der Waals surface area contributed by atoms with Crippen molar-refractivity contribution in [3.8, 4) is 5.75 Å². The Bertz CT molecular complexity index is 807. The lowest BCUT2D eigenvalue weighted by atomic mass is 10.1. The summed E-state index contributed by atoms with van der Waals surface area (Å²) in [4.78, 5) is 34.8. The van der Waals surface area contributed by atoms with E-state index in [0.717, 1.165) is 17.7 Å². The van der Waals surface area contributed by atoms with Gasteiger partial charge in [-0.3, -0.25) is 4.79 Å². The zero-order valence-electron chi connectivity index (χ0n) is 13.9. The lowest BCUT2D eigenvalue weighted by Gasteiger charge is -2.14. The number of carbonyl (C=O) groups is 3. The number of ether oxygens (including phenoxy) is 1. The molecule has 2 aromatic rings. The molecule has 2 amide bonds. The van der Waals surface area contributed by atoms with E-state index in [4.69, 9.17) is 9.84 Å². The van der Waals surface area contributed by atoms with Crippen molar-refractivity contribution < 1.29 is 29.3 Å². The summed E-state index contributed by atoms with van der Waals surface area (Å²) in [6, 6.07) is 11.8. The molecule has 8 nitrogen and oxygen atoms in total. The summed E-state index contributed by atoms with van der Waals surface area (Å²) < 4.78 is 5.02. The number of anilines is 1. The van der Waals surface area contributed by atoms with Crippen LogP contribution in [0.4, 0.5) is 10.5 Å². The van der Waals surface area contributed by atoms with Crippen molar-refractivity contribution in [1.82, 2.24) is 5.32 Å². The average molecular weight is 358 g/mol. The maximum Gasteiger partial charge on any atom is 0.408 e. The van der Waals surface area contributed by atoms with Gasteiger partial charge >= 0.3 is 12.1 Å². The summed E-state index contributed by atoms with van der Waals surface area (Å²) in [7, 11) is 0. The van der Waals surface area contributed by atoms with Gasteiger partial charge in [-0.2, -0.15) is 0 Å². The molecule has 0 unspecified atom stereocenters. The Kier molecular flexibility index (Phi) is 6.15. The van der Waals surface area contributed by atoms with Gasteiger partial charge in [-0.15, -0.1) is 0 Å². The normalized spacial score (nSPS) is 11.3. The van der Waals surface area contributed by atoms with Gasteiger partial charge in [-0.05, 0) is 30.7 Å². The van der Waals surface area contributed by atoms with E-state index >= 15 is 0 Å². The SMILES string of the molecule is C[C@@H](NC(=O)OCc1ccccc1)C(=O)Nc1ccc(O)c(C(=O)O)c1. The van der Waals surface area contributed by atoms with Crippen LogP contribution in [0.2, 0.25) is 0 Å². The lowest BCUT2D eigenvalue weighted by Crippen LogP contribution is -2.41. The van der Waals surface area contributed by atoms with Crippen LogP contribution in [0.15, 0.2) is 48.5 Å². The summed E-state index contributed by atoms with van der Waals surface area (Å²) in [5, 5.41) is 23.3. The molecule has 136 valence electrons. The second-order valence-corrected chi connectivity index (χ2v) is 5.45. The summed E-state index contributed by atoms with van der Waals surface area (Å²) >= 11 is 0. The molecule has 0 aliphatic rings. The Morgan fingerprint density at radius 1 is 1.12 bits per heavy atom. The molecule has 0 aliphatic carbocycles. The highest BCUT2D eigenvalue weighted by Crippen LogP contribution is 2.21. The number of phenols is 1. The van der Waals surface area contributed by atoms with Gasteiger partial charge in [0.15, 0.2) is 0 Å². The van der Waals surface area contributed by atoms with Crippen LogP contribution in [0.1, 0.15) is 22.8 Å². The topological polar surface area (TPSA) is 125 Å². The van der Waals surface area contributed by atoms with Crippen LogP contribution >= 0.6 is 0 Å². The van der Waals surface area contributed by atoms with Gasteiger partial charge in [0.25, 0.3) is 0 Å². The summed E-state index contributed by atoms with van der Waals surface area (Å²) in [5.41, 5.74) is 0.646. The molecule has 2 aromatic carbocycles. The van der Waals surface area contributed by atoms with Gasteiger partial charge in [-0.25, -0.2) is 9.59 Å². The third kappa shape index (κ3) is 5.23. The van der Waals surface area contributed by atoms with E-state index in [1.165, 1.54) is 13.0 Å². The largest absolute Gasteiger partial charge is 0.507 e. The van der Waals surface area contributed by atoms with Crippen molar-refractivity contribution in [2.75, 3.05) is 5.32 Å². The molecule has 1 atom stereocenters. The quantitative estimate of drug-likeness (QED) is 0.588. The van der Waals surface area contributed by atoms with Crippen molar-refractivity contribution in [1.29, 1.82) is 0 Å². The van der Waals surface area contributed by atoms with Gasteiger partial charge in [0, 0.05) is 5.69 Å². The Balaban J connectivity index is 1.88. The van der Waals surface area contributed by atoms with Crippen LogP contribution < -0.4 is 10.6 Å². The lowest BCUT2D eigenvalue weighted by molar-refractivity contribution is -0.117. The number of hydrogen-bond acceptors (Lipinski definition) is 5. The monoisotopic (exact) mass is 358 g/mol. The zero-order valence-corrected chi connectivity index (χ0v) is 13.9. The average Bonchev–Trinajstić information content (AvgIpc) is 2.62. The van der Waals surface area contributed by atoms with Gasteiger partial charge < -0.3 is 25.6 Å². The molecule has 0 aliphatic heterocycles. The molecular formula is C18H18N2O6. The van der Waals surface area contributed by atoms with Gasteiger partial charge in [-0.1, -0.05) is 30.3 Å². The third-order valence-corrected chi connectivity index (χ3v) is 3.43. The molecule has 0 heterocycles. The minimum atomic E-state index is -1.32. The molecule has 2 rings (SSSR count).